The van der Waals surface area contributed by atoms with E-state index >= 15 is 0 Å². The van der Waals surface area contributed by atoms with E-state index in [0.717, 1.165) is 16.7 Å². The molecule has 1 saturated heterocycles. The Bertz CT molecular complexity index is 1050. The zero-order valence-corrected chi connectivity index (χ0v) is 15.5. The van der Waals surface area contributed by atoms with Crippen molar-refractivity contribution in [3.05, 3.63) is 88.6 Å². The van der Waals surface area contributed by atoms with Crippen LogP contribution in [0.15, 0.2) is 66.7 Å². The van der Waals surface area contributed by atoms with Crippen LogP contribution in [0, 0.1) is 0 Å². The number of aromatic nitrogens is 1. The predicted octanol–water partition coefficient (Wildman–Crippen LogP) is 4.80. The molecule has 0 unspecified atom stereocenters. The molecule has 2 atom stereocenters. The number of carbonyl (C=O) groups is 1. The smallest absolute Gasteiger partial charge is 0.259 e. The van der Waals surface area contributed by atoms with Gasteiger partial charge in [-0.05, 0) is 24.6 Å². The van der Waals surface area contributed by atoms with Crippen LogP contribution < -0.4 is 0 Å². The minimum Gasteiger partial charge on any atom is -0.349 e. The Balaban J connectivity index is 1.79. The van der Waals surface area contributed by atoms with Gasteiger partial charge < -0.3 is 4.74 Å². The van der Waals surface area contributed by atoms with Gasteiger partial charge in [-0.15, -0.1) is 0 Å². The van der Waals surface area contributed by atoms with Crippen molar-refractivity contribution in [1.29, 1.82) is 0 Å². The van der Waals surface area contributed by atoms with E-state index in [0.29, 0.717) is 23.0 Å². The van der Waals surface area contributed by atoms with Gasteiger partial charge in [0.2, 0.25) is 0 Å². The van der Waals surface area contributed by atoms with Crippen molar-refractivity contribution in [2.75, 3.05) is 6.61 Å². The first-order valence-electron chi connectivity index (χ1n) is 8.88. The first-order valence-corrected chi connectivity index (χ1v) is 9.26. The number of hydrogen-bond acceptors (Lipinski definition) is 3. The van der Waals surface area contributed by atoms with Crippen LogP contribution in [0.5, 0.6) is 0 Å². The Hall–Kier alpha value is -2.69. The van der Waals surface area contributed by atoms with Crippen LogP contribution in [0.25, 0.3) is 11.3 Å². The van der Waals surface area contributed by atoms with Crippen molar-refractivity contribution in [3.63, 3.8) is 0 Å². The molecule has 134 valence electrons. The minimum absolute atomic E-state index is 0.0979. The molecule has 1 aromatic heterocycles. The van der Waals surface area contributed by atoms with Crippen LogP contribution in [-0.2, 0) is 10.5 Å². The summed E-state index contributed by atoms with van der Waals surface area (Å²) in [5.41, 5.74) is 3.13. The van der Waals surface area contributed by atoms with Gasteiger partial charge in [-0.1, -0.05) is 66.2 Å². The number of benzene rings is 2. The summed E-state index contributed by atoms with van der Waals surface area (Å²) < 4.78 is 6.29. The maximum atomic E-state index is 13.6. The van der Waals surface area contributed by atoms with Crippen molar-refractivity contribution in [1.82, 2.24) is 9.88 Å². The molecule has 1 fully saturated rings. The molecular formula is C22H17ClN2O2. The van der Waals surface area contributed by atoms with Gasteiger partial charge >= 0.3 is 0 Å². The summed E-state index contributed by atoms with van der Waals surface area (Å²) in [6.45, 7) is 2.40. The van der Waals surface area contributed by atoms with E-state index < -0.39 is 5.72 Å². The second-order valence-electron chi connectivity index (χ2n) is 6.97. The number of hydrogen-bond donors (Lipinski definition) is 0. The third-order valence-corrected chi connectivity index (χ3v) is 5.68. The number of halogens is 1. The summed E-state index contributed by atoms with van der Waals surface area (Å²) in [5, 5.41) is 0.365. The average molecular weight is 377 g/mol. The molecule has 2 aliphatic heterocycles. The van der Waals surface area contributed by atoms with Crippen LogP contribution in [0.1, 0.15) is 34.5 Å². The molecule has 0 radical (unpaired) electrons. The van der Waals surface area contributed by atoms with Gasteiger partial charge in [0, 0.05) is 11.1 Å². The zero-order valence-electron chi connectivity index (χ0n) is 14.7. The predicted molar refractivity (Wildman–Crippen MR) is 103 cm³/mol. The van der Waals surface area contributed by atoms with Gasteiger partial charge in [0.1, 0.15) is 5.15 Å². The van der Waals surface area contributed by atoms with Crippen LogP contribution in [0.4, 0.5) is 0 Å². The number of rotatable bonds is 1. The minimum atomic E-state index is -0.874. The van der Waals surface area contributed by atoms with Gasteiger partial charge in [0.05, 0.1) is 23.9 Å². The fourth-order valence-corrected chi connectivity index (χ4v) is 4.33. The van der Waals surface area contributed by atoms with Crippen molar-refractivity contribution in [2.45, 2.75) is 18.7 Å². The van der Waals surface area contributed by atoms with Crippen LogP contribution in [-0.4, -0.2) is 22.4 Å². The summed E-state index contributed by atoms with van der Waals surface area (Å²) in [5.74, 6) is -0.0979. The summed E-state index contributed by atoms with van der Waals surface area (Å²) in [7, 11) is 0. The standard InChI is InChI=1S/C22H17ClN2O2/c1-22-17-10-6-5-9-15(17)20-16(11-12-19(23)24-20)21(26)25(22)18(13-27-22)14-7-3-2-4-8-14/h2-12,18H,13H2,1H3/t18-,22-/m0/s1. The maximum Gasteiger partial charge on any atom is 0.259 e. The molecule has 3 aromatic rings. The molecule has 3 heterocycles. The largest absolute Gasteiger partial charge is 0.349 e. The van der Waals surface area contributed by atoms with E-state index in [4.69, 9.17) is 16.3 Å². The summed E-state index contributed by atoms with van der Waals surface area (Å²) in [6.07, 6.45) is 0. The van der Waals surface area contributed by atoms with Crippen molar-refractivity contribution < 1.29 is 9.53 Å². The molecule has 0 spiro atoms. The summed E-state index contributed by atoms with van der Waals surface area (Å²) in [4.78, 5) is 20.0. The number of nitrogens with zero attached hydrogens (tertiary/aromatic N) is 2. The fraction of sp³-hybridized carbons (Fsp3) is 0.182. The van der Waals surface area contributed by atoms with Gasteiger partial charge in [0.15, 0.2) is 5.72 Å². The first-order chi connectivity index (χ1) is 13.1. The molecule has 1 amide bonds. The SMILES string of the molecule is C[C@@]12OC[C@@H](c3ccccc3)N1C(=O)c1ccc(Cl)nc1-c1ccccc12. The molecule has 4 nitrogen and oxygen atoms in total. The second kappa shape index (κ2) is 5.91. The number of carbonyl (C=O) groups excluding carboxylic acids is 1. The number of pyridine rings is 1. The normalized spacial score (nSPS) is 23.4. The molecule has 0 bridgehead atoms. The molecule has 0 N–H and O–H groups in total. The monoisotopic (exact) mass is 376 g/mol. The van der Waals surface area contributed by atoms with Gasteiger partial charge in [-0.25, -0.2) is 4.98 Å². The number of amides is 1. The lowest BCUT2D eigenvalue weighted by Crippen LogP contribution is -2.44. The van der Waals surface area contributed by atoms with E-state index in [9.17, 15) is 4.79 Å². The lowest BCUT2D eigenvalue weighted by atomic mass is 9.95. The summed E-state index contributed by atoms with van der Waals surface area (Å²) in [6, 6.07) is 21.1. The van der Waals surface area contributed by atoms with Crippen LogP contribution in [0.3, 0.4) is 0 Å². The molecule has 2 aromatic carbocycles. The Morgan fingerprint density at radius 2 is 1.78 bits per heavy atom. The third-order valence-electron chi connectivity index (χ3n) is 5.47. The number of ether oxygens (including phenoxy) is 1. The van der Waals surface area contributed by atoms with Gasteiger partial charge in [0.25, 0.3) is 5.91 Å². The summed E-state index contributed by atoms with van der Waals surface area (Å²) >= 11 is 6.16. The maximum absolute atomic E-state index is 13.6. The quantitative estimate of drug-likeness (QED) is 0.573. The molecule has 0 aliphatic carbocycles. The Labute approximate surface area is 162 Å². The molecular weight excluding hydrogens is 360 g/mol. The van der Waals surface area contributed by atoms with E-state index in [-0.39, 0.29) is 11.9 Å². The van der Waals surface area contributed by atoms with E-state index in [1.54, 1.807) is 12.1 Å². The molecule has 0 saturated carbocycles. The highest BCUT2D eigenvalue weighted by atomic mass is 35.5. The Morgan fingerprint density at radius 3 is 2.59 bits per heavy atom. The highest BCUT2D eigenvalue weighted by Gasteiger charge is 2.52. The van der Waals surface area contributed by atoms with Crippen LogP contribution >= 0.6 is 11.6 Å². The van der Waals surface area contributed by atoms with E-state index in [2.05, 4.69) is 4.98 Å². The highest BCUT2D eigenvalue weighted by molar-refractivity contribution is 6.29. The van der Waals surface area contributed by atoms with Gasteiger partial charge in [-0.2, -0.15) is 0 Å². The van der Waals surface area contributed by atoms with E-state index in [1.165, 1.54) is 0 Å². The fourth-order valence-electron chi connectivity index (χ4n) is 4.18. The highest BCUT2D eigenvalue weighted by Crippen LogP contribution is 2.49. The third kappa shape index (κ3) is 2.34. The van der Waals surface area contributed by atoms with Crippen molar-refractivity contribution in [3.8, 4) is 11.3 Å². The zero-order chi connectivity index (χ0) is 18.6. The lowest BCUT2D eigenvalue weighted by Gasteiger charge is -2.36. The molecule has 5 heteroatoms. The van der Waals surface area contributed by atoms with Crippen LogP contribution in [0.2, 0.25) is 5.15 Å². The van der Waals surface area contributed by atoms with Gasteiger partial charge in [-0.3, -0.25) is 9.69 Å². The van der Waals surface area contributed by atoms with Crippen molar-refractivity contribution in [2.24, 2.45) is 0 Å². The first kappa shape index (κ1) is 16.5. The number of fused-ring (bicyclic) bond motifs is 5. The van der Waals surface area contributed by atoms with E-state index in [1.807, 2.05) is 66.4 Å². The average Bonchev–Trinajstić information content (AvgIpc) is 3.03. The Kier molecular flexibility index (Phi) is 3.61. The Morgan fingerprint density at radius 1 is 1.04 bits per heavy atom. The molecule has 27 heavy (non-hydrogen) atoms. The molecule has 2 aliphatic rings. The second-order valence-corrected chi connectivity index (χ2v) is 7.36. The van der Waals surface area contributed by atoms with Crippen molar-refractivity contribution >= 4 is 17.5 Å². The lowest BCUT2D eigenvalue weighted by molar-refractivity contribution is -0.0598. The topological polar surface area (TPSA) is 42.4 Å². The molecule has 5 rings (SSSR count).